The monoisotopic (exact) mass is 537 g/mol. The standard InChI is InChI=1S/C11H19N5O12P4/c1-24-7-8(29)5(2-25-31(20,21)28-32(22,23)27-30(17,18)19)26-11(7)16-4-15-6-9(12)13-3-14-10(6)16/h3-5,7-8,11H,2,29H2,1H3,(H,20,21)(H,22,23)(H2,12,13,14)(H2,17,18,19)/t5-,7-,8-,11-/m1/s1. The number of phosphoric acid groups is 3. The van der Waals surface area contributed by atoms with Crippen molar-refractivity contribution in [2.24, 2.45) is 0 Å². The van der Waals surface area contributed by atoms with Gasteiger partial charge in [-0.05, 0) is 0 Å². The van der Waals surface area contributed by atoms with Gasteiger partial charge in [0.05, 0.1) is 19.0 Å². The van der Waals surface area contributed by atoms with Crippen molar-refractivity contribution in [3.63, 3.8) is 0 Å². The van der Waals surface area contributed by atoms with Crippen molar-refractivity contribution in [1.82, 2.24) is 19.5 Å². The van der Waals surface area contributed by atoms with Gasteiger partial charge in [0.15, 0.2) is 17.7 Å². The number of nitrogens with two attached hydrogens (primary N) is 1. The fourth-order valence-corrected chi connectivity index (χ4v) is 6.50. The molecule has 32 heavy (non-hydrogen) atoms. The first-order valence-corrected chi connectivity index (χ1v) is 13.6. The highest BCUT2D eigenvalue weighted by atomic mass is 31.3. The number of nitrogens with zero attached hydrogens (tertiary/aromatic N) is 4. The van der Waals surface area contributed by atoms with E-state index >= 15 is 0 Å². The van der Waals surface area contributed by atoms with Gasteiger partial charge >= 0.3 is 23.5 Å². The first-order valence-electron chi connectivity index (χ1n) is 8.38. The lowest BCUT2D eigenvalue weighted by Gasteiger charge is -2.20. The third-order valence-corrected chi connectivity index (χ3v) is 8.77. The average molecular weight is 537 g/mol. The third kappa shape index (κ3) is 5.96. The van der Waals surface area contributed by atoms with Crippen LogP contribution in [0.25, 0.3) is 11.2 Å². The van der Waals surface area contributed by atoms with Crippen molar-refractivity contribution in [2.75, 3.05) is 19.5 Å². The molecule has 21 heteroatoms. The summed E-state index contributed by atoms with van der Waals surface area (Å²) in [4.78, 5) is 48.1. The lowest BCUT2D eigenvalue weighted by atomic mass is 10.2. The van der Waals surface area contributed by atoms with Crippen LogP contribution in [0, 0.1) is 0 Å². The molecule has 0 spiro atoms. The molecule has 3 rings (SSSR count). The zero-order valence-electron chi connectivity index (χ0n) is 16.0. The normalized spacial score (nSPS) is 27.9. The zero-order valence-corrected chi connectivity index (χ0v) is 19.8. The lowest BCUT2D eigenvalue weighted by molar-refractivity contribution is -0.0577. The molecule has 6 N–H and O–H groups in total. The van der Waals surface area contributed by atoms with E-state index in [2.05, 4.69) is 37.3 Å². The molecule has 1 aliphatic heterocycles. The Kier molecular flexibility index (Phi) is 7.55. The SMILES string of the molecule is CO[C@@H]1[C@H](P)[C@@H](COP(=O)(O)OP(=O)(O)OP(=O)(O)O)O[C@H]1n1cnc2c(N)ncnc21. The summed E-state index contributed by atoms with van der Waals surface area (Å²) >= 11 is 0. The molecule has 0 aliphatic carbocycles. The highest BCUT2D eigenvalue weighted by molar-refractivity contribution is 7.66. The van der Waals surface area contributed by atoms with E-state index in [9.17, 15) is 23.5 Å². The van der Waals surface area contributed by atoms with E-state index in [-0.39, 0.29) is 5.82 Å². The number of ether oxygens (including phenoxy) is 2. The van der Waals surface area contributed by atoms with E-state index in [1.165, 1.54) is 24.3 Å². The fraction of sp³-hybridized carbons (Fsp3) is 0.545. The number of fused-ring (bicyclic) bond motifs is 1. The first kappa shape index (κ1) is 25.7. The number of imidazole rings is 1. The number of hydrogen-bond acceptors (Lipinski definition) is 12. The van der Waals surface area contributed by atoms with E-state index in [0.29, 0.717) is 11.2 Å². The number of phosphoric ester groups is 1. The molecule has 3 unspecified atom stereocenters. The van der Waals surface area contributed by atoms with Crippen LogP contribution in [-0.2, 0) is 36.3 Å². The predicted octanol–water partition coefficient (Wildman–Crippen LogP) is -0.0921. The lowest BCUT2D eigenvalue weighted by Crippen LogP contribution is -2.30. The Morgan fingerprint density at radius 3 is 2.47 bits per heavy atom. The summed E-state index contributed by atoms with van der Waals surface area (Å²) in [6.45, 7) is -0.641. The number of nitrogen functional groups attached to an aromatic ring is 1. The summed E-state index contributed by atoms with van der Waals surface area (Å²) < 4.78 is 58.9. The first-order chi connectivity index (χ1) is 14.7. The molecule has 2 aromatic heterocycles. The molecular formula is C11H19N5O12P4. The second kappa shape index (κ2) is 9.40. The van der Waals surface area contributed by atoms with Crippen LogP contribution in [0.3, 0.4) is 0 Å². The molecule has 17 nitrogen and oxygen atoms in total. The molecule has 0 bridgehead atoms. The largest absolute Gasteiger partial charge is 0.490 e. The molecule has 1 aliphatic rings. The Labute approximate surface area is 181 Å². The molecule has 2 aromatic rings. The van der Waals surface area contributed by atoms with Crippen LogP contribution >= 0.6 is 32.7 Å². The Morgan fingerprint density at radius 1 is 1.16 bits per heavy atom. The molecule has 0 amide bonds. The van der Waals surface area contributed by atoms with Crippen LogP contribution in [0.5, 0.6) is 0 Å². The Hall–Kier alpha value is -0.890. The minimum absolute atomic E-state index is 0.146. The van der Waals surface area contributed by atoms with Crippen LogP contribution in [0.4, 0.5) is 5.82 Å². The van der Waals surface area contributed by atoms with Crippen molar-refractivity contribution in [3.05, 3.63) is 12.7 Å². The highest BCUT2D eigenvalue weighted by Gasteiger charge is 2.46. The number of aromatic nitrogens is 4. The van der Waals surface area contributed by atoms with E-state index in [1.807, 2.05) is 0 Å². The van der Waals surface area contributed by atoms with Gasteiger partial charge in [-0.2, -0.15) is 8.62 Å². The molecule has 1 fully saturated rings. The van der Waals surface area contributed by atoms with Crippen molar-refractivity contribution in [3.8, 4) is 0 Å². The van der Waals surface area contributed by atoms with Crippen LogP contribution in [0.1, 0.15) is 6.23 Å². The van der Waals surface area contributed by atoms with Crippen LogP contribution in [0.15, 0.2) is 12.7 Å². The average Bonchev–Trinajstić information content (AvgIpc) is 3.18. The predicted molar refractivity (Wildman–Crippen MR) is 108 cm³/mol. The van der Waals surface area contributed by atoms with Gasteiger partial charge in [0, 0.05) is 12.8 Å². The fourth-order valence-electron chi connectivity index (χ4n) is 2.92. The van der Waals surface area contributed by atoms with E-state index in [0.717, 1.165) is 0 Å². The van der Waals surface area contributed by atoms with Gasteiger partial charge in [-0.3, -0.25) is 9.09 Å². The summed E-state index contributed by atoms with van der Waals surface area (Å²) in [6.07, 6.45) is 0.252. The number of methoxy groups -OCH3 is 1. The quantitative estimate of drug-likeness (QED) is 0.262. The Balaban J connectivity index is 1.73. The third-order valence-electron chi connectivity index (χ3n) is 4.16. The molecule has 0 radical (unpaired) electrons. The van der Waals surface area contributed by atoms with Gasteiger partial charge < -0.3 is 34.8 Å². The maximum atomic E-state index is 12.0. The summed E-state index contributed by atoms with van der Waals surface area (Å²) in [5, 5.41) is 0. The van der Waals surface area contributed by atoms with Crippen LogP contribution < -0.4 is 5.73 Å². The molecule has 7 atom stereocenters. The molecule has 180 valence electrons. The molecule has 0 aromatic carbocycles. The van der Waals surface area contributed by atoms with Crippen LogP contribution in [-0.4, -0.2) is 70.7 Å². The van der Waals surface area contributed by atoms with Gasteiger partial charge in [0.25, 0.3) is 0 Å². The van der Waals surface area contributed by atoms with Gasteiger partial charge in [0.1, 0.15) is 17.9 Å². The van der Waals surface area contributed by atoms with Gasteiger partial charge in [-0.1, -0.05) is 0 Å². The van der Waals surface area contributed by atoms with Gasteiger partial charge in [0.2, 0.25) is 0 Å². The van der Waals surface area contributed by atoms with Gasteiger partial charge in [-0.15, -0.1) is 9.24 Å². The maximum absolute atomic E-state index is 12.0. The second-order valence-corrected chi connectivity index (χ2v) is 11.5. The van der Waals surface area contributed by atoms with E-state index in [4.69, 9.17) is 25.0 Å². The minimum Gasteiger partial charge on any atom is -0.382 e. The maximum Gasteiger partial charge on any atom is 0.490 e. The Morgan fingerprint density at radius 2 is 1.84 bits per heavy atom. The summed E-state index contributed by atoms with van der Waals surface area (Å²) in [5.74, 6) is 0.146. The van der Waals surface area contributed by atoms with Crippen molar-refractivity contribution in [2.45, 2.75) is 24.1 Å². The van der Waals surface area contributed by atoms with Crippen molar-refractivity contribution in [1.29, 1.82) is 0 Å². The molecule has 1 saturated heterocycles. The number of rotatable bonds is 9. The molecule has 0 saturated carbocycles. The van der Waals surface area contributed by atoms with Gasteiger partial charge in [-0.25, -0.2) is 28.6 Å². The highest BCUT2D eigenvalue weighted by Crippen LogP contribution is 2.66. The summed E-state index contributed by atoms with van der Waals surface area (Å²) in [5.41, 5.74) is 5.92. The summed E-state index contributed by atoms with van der Waals surface area (Å²) in [6, 6.07) is 0. The number of hydrogen-bond donors (Lipinski definition) is 5. The molecule has 3 heterocycles. The number of anilines is 1. The van der Waals surface area contributed by atoms with E-state index in [1.54, 1.807) is 0 Å². The summed E-state index contributed by atoms with van der Waals surface area (Å²) in [7, 11) is -12.6. The van der Waals surface area contributed by atoms with Crippen molar-refractivity contribution < 1.29 is 55.9 Å². The second-order valence-electron chi connectivity index (χ2n) is 6.31. The Bertz CT molecular complexity index is 1120. The van der Waals surface area contributed by atoms with Crippen LogP contribution in [0.2, 0.25) is 0 Å². The van der Waals surface area contributed by atoms with E-state index < -0.39 is 54.2 Å². The smallest absolute Gasteiger partial charge is 0.382 e. The van der Waals surface area contributed by atoms with Crippen molar-refractivity contribution >= 4 is 49.7 Å². The topological polar surface area (TPSA) is 248 Å². The minimum atomic E-state index is -5.62. The zero-order chi connectivity index (χ0) is 23.9. The molecular weight excluding hydrogens is 518 g/mol.